The summed E-state index contributed by atoms with van der Waals surface area (Å²) in [6.45, 7) is 4.92. The van der Waals surface area contributed by atoms with Gasteiger partial charge in [0, 0.05) is 12.8 Å². The average Bonchev–Trinajstić information content (AvgIpc) is 3.36. The molecule has 0 aromatic heterocycles. The van der Waals surface area contributed by atoms with Crippen molar-refractivity contribution in [1.29, 1.82) is 0 Å². The molecule has 2 unspecified atom stereocenters. The summed E-state index contributed by atoms with van der Waals surface area (Å²) < 4.78 is 5.49. The highest BCUT2D eigenvalue weighted by molar-refractivity contribution is 5.76. The molecule has 0 spiro atoms. The Hall–Kier alpha value is -1.40. The van der Waals surface area contributed by atoms with E-state index in [-0.39, 0.29) is 18.5 Å². The second-order valence-electron chi connectivity index (χ2n) is 22.1. The molecule has 0 aliphatic rings. The molecule has 0 radical (unpaired) electrons. The number of rotatable bonds is 60. The molecule has 0 fully saturated rings. The molecule has 416 valence electrons. The number of esters is 1. The van der Waals surface area contributed by atoms with Crippen LogP contribution in [0.1, 0.15) is 361 Å². The summed E-state index contributed by atoms with van der Waals surface area (Å²) in [6, 6.07) is -0.636. The van der Waals surface area contributed by atoms with E-state index in [4.69, 9.17) is 4.74 Å². The molecule has 70 heavy (non-hydrogen) atoms. The van der Waals surface area contributed by atoms with E-state index in [1.165, 1.54) is 276 Å². The highest BCUT2D eigenvalue weighted by atomic mass is 16.5. The number of amides is 1. The molecule has 0 aromatic rings. The molecule has 0 aromatic carbocycles. The van der Waals surface area contributed by atoms with Crippen LogP contribution in [0.25, 0.3) is 0 Å². The molecule has 0 saturated carbocycles. The number of aliphatic hydroxyl groups is 2. The van der Waals surface area contributed by atoms with Crippen LogP contribution in [0, 0.1) is 0 Å². The van der Waals surface area contributed by atoms with Crippen LogP contribution >= 0.6 is 0 Å². The number of unbranched alkanes of at least 4 members (excludes halogenated alkanes) is 49. The van der Waals surface area contributed by atoms with Crippen LogP contribution in [0.15, 0.2) is 12.2 Å². The van der Waals surface area contributed by atoms with Gasteiger partial charge in [0.1, 0.15) is 0 Å². The molecule has 6 nitrogen and oxygen atoms in total. The van der Waals surface area contributed by atoms with E-state index in [0.29, 0.717) is 19.4 Å². The minimum atomic E-state index is -0.852. The van der Waals surface area contributed by atoms with Gasteiger partial charge in [0.2, 0.25) is 5.91 Å². The van der Waals surface area contributed by atoms with Crippen molar-refractivity contribution in [3.8, 4) is 0 Å². The van der Waals surface area contributed by atoms with E-state index in [1.54, 1.807) is 6.08 Å². The first-order valence-electron chi connectivity index (χ1n) is 32.0. The van der Waals surface area contributed by atoms with E-state index >= 15 is 0 Å². The molecule has 3 N–H and O–H groups in total. The van der Waals surface area contributed by atoms with Crippen molar-refractivity contribution in [2.75, 3.05) is 13.2 Å². The average molecular weight is 989 g/mol. The van der Waals surface area contributed by atoms with E-state index in [9.17, 15) is 19.8 Å². The predicted molar refractivity (Wildman–Crippen MR) is 306 cm³/mol. The van der Waals surface area contributed by atoms with Gasteiger partial charge in [-0.15, -0.1) is 0 Å². The zero-order chi connectivity index (χ0) is 50.7. The van der Waals surface area contributed by atoms with Crippen molar-refractivity contribution in [2.45, 2.75) is 373 Å². The van der Waals surface area contributed by atoms with Crippen molar-refractivity contribution in [1.82, 2.24) is 5.32 Å². The number of hydrogen-bond donors (Lipinski definition) is 3. The lowest BCUT2D eigenvalue weighted by Gasteiger charge is -2.20. The number of allylic oxidation sites excluding steroid dienone is 1. The number of aliphatic hydroxyl groups excluding tert-OH is 2. The maximum atomic E-state index is 12.5. The monoisotopic (exact) mass is 988 g/mol. The maximum Gasteiger partial charge on any atom is 0.305 e. The Morgan fingerprint density at radius 2 is 0.657 bits per heavy atom. The number of hydrogen-bond acceptors (Lipinski definition) is 5. The largest absolute Gasteiger partial charge is 0.466 e. The second-order valence-corrected chi connectivity index (χ2v) is 22.1. The second kappa shape index (κ2) is 60.2. The fraction of sp³-hybridized carbons (Fsp3) is 0.938. The van der Waals surface area contributed by atoms with E-state index in [2.05, 4.69) is 19.2 Å². The number of carbonyl (C=O) groups excluding carboxylic acids is 2. The zero-order valence-electron chi connectivity index (χ0n) is 47.5. The quantitative estimate of drug-likeness (QED) is 0.0321. The van der Waals surface area contributed by atoms with Gasteiger partial charge in [0.05, 0.1) is 25.4 Å². The van der Waals surface area contributed by atoms with Crippen LogP contribution in [0.3, 0.4) is 0 Å². The van der Waals surface area contributed by atoms with Gasteiger partial charge >= 0.3 is 5.97 Å². The lowest BCUT2D eigenvalue weighted by Crippen LogP contribution is -2.45. The van der Waals surface area contributed by atoms with Crippen molar-refractivity contribution < 1.29 is 24.5 Å². The smallest absolute Gasteiger partial charge is 0.305 e. The summed E-state index contributed by atoms with van der Waals surface area (Å²) in [5.74, 6) is -0.0723. The molecule has 6 heteroatoms. The van der Waals surface area contributed by atoms with Gasteiger partial charge < -0.3 is 20.3 Å². The molecule has 0 saturated heterocycles. The topological polar surface area (TPSA) is 95.9 Å². The number of nitrogens with one attached hydrogen (secondary N) is 1. The fourth-order valence-electron chi connectivity index (χ4n) is 10.2. The van der Waals surface area contributed by atoms with E-state index in [0.717, 1.165) is 57.8 Å². The van der Waals surface area contributed by atoms with Gasteiger partial charge in [0.15, 0.2) is 0 Å². The van der Waals surface area contributed by atoms with E-state index in [1.807, 2.05) is 6.08 Å². The molecule has 0 bridgehead atoms. The Labute approximate surface area is 438 Å². The SMILES string of the molecule is CCCCCCCCCCCCCCCCCCCCCC/C=C/C(O)C(CO)NC(=O)CCCCCCCCCCCCCCCCOC(=O)CCCCCCCCCCCCCCCCCCC. The first-order chi connectivity index (χ1) is 34.5. The summed E-state index contributed by atoms with van der Waals surface area (Å²) in [6.07, 6.45) is 72.5. The van der Waals surface area contributed by atoms with Gasteiger partial charge in [-0.25, -0.2) is 0 Å². The summed E-state index contributed by atoms with van der Waals surface area (Å²) in [4.78, 5) is 24.6. The first-order valence-corrected chi connectivity index (χ1v) is 32.0. The van der Waals surface area contributed by atoms with Crippen LogP contribution < -0.4 is 5.32 Å². The molecule has 2 atom stereocenters. The number of carbonyl (C=O) groups is 2. The Bertz CT molecular complexity index is 1050. The summed E-state index contributed by atoms with van der Waals surface area (Å²) in [5.41, 5.74) is 0. The fourth-order valence-corrected chi connectivity index (χ4v) is 10.2. The maximum absolute atomic E-state index is 12.5. The summed E-state index contributed by atoms with van der Waals surface area (Å²) in [7, 11) is 0. The third-order valence-corrected chi connectivity index (χ3v) is 15.1. The van der Waals surface area contributed by atoms with Crippen LogP contribution in [0.5, 0.6) is 0 Å². The molecule has 0 aliphatic carbocycles. The Kier molecular flexibility index (Phi) is 59.0. The molecule has 0 aliphatic heterocycles. The molecular formula is C64H125NO5. The third-order valence-electron chi connectivity index (χ3n) is 15.1. The zero-order valence-corrected chi connectivity index (χ0v) is 47.5. The van der Waals surface area contributed by atoms with Crippen molar-refractivity contribution in [3.05, 3.63) is 12.2 Å². The molecule has 1 amide bonds. The van der Waals surface area contributed by atoms with Gasteiger partial charge in [-0.1, -0.05) is 328 Å². The standard InChI is InChI=1S/C64H125NO5/c1-3-5-7-9-11-13-15-17-19-21-22-23-24-25-27-28-32-36-40-44-48-52-56-62(67)61(60-66)65-63(68)57-53-49-45-41-37-33-30-31-35-39-43-47-51-55-59-70-64(69)58-54-50-46-42-38-34-29-26-20-18-16-14-12-10-8-6-4-2/h52,56,61-62,66-67H,3-51,53-55,57-60H2,1-2H3,(H,65,68)/b56-52+. The summed E-state index contributed by atoms with van der Waals surface area (Å²) in [5, 5.41) is 23.2. The third kappa shape index (κ3) is 55.9. The highest BCUT2D eigenvalue weighted by Gasteiger charge is 2.18. The minimum absolute atomic E-state index is 0.00169. The van der Waals surface area contributed by atoms with E-state index < -0.39 is 12.1 Å². The van der Waals surface area contributed by atoms with Gasteiger partial charge in [0.25, 0.3) is 0 Å². The van der Waals surface area contributed by atoms with Gasteiger partial charge in [-0.3, -0.25) is 9.59 Å². The van der Waals surface area contributed by atoms with Crippen LogP contribution in [-0.2, 0) is 14.3 Å². The molecule has 0 rings (SSSR count). The van der Waals surface area contributed by atoms with Gasteiger partial charge in [-0.2, -0.15) is 0 Å². The molecule has 0 heterocycles. The van der Waals surface area contributed by atoms with Crippen LogP contribution in [0.4, 0.5) is 0 Å². The summed E-state index contributed by atoms with van der Waals surface area (Å²) >= 11 is 0. The molecular weight excluding hydrogens is 863 g/mol. The van der Waals surface area contributed by atoms with Crippen molar-refractivity contribution in [2.24, 2.45) is 0 Å². The number of ether oxygens (including phenoxy) is 1. The van der Waals surface area contributed by atoms with Crippen LogP contribution in [-0.4, -0.2) is 47.4 Å². The van der Waals surface area contributed by atoms with Crippen molar-refractivity contribution >= 4 is 11.9 Å². The van der Waals surface area contributed by atoms with Crippen molar-refractivity contribution in [3.63, 3.8) is 0 Å². The normalized spacial score (nSPS) is 12.6. The Morgan fingerprint density at radius 3 is 0.971 bits per heavy atom. The van der Waals surface area contributed by atoms with Gasteiger partial charge in [-0.05, 0) is 32.1 Å². The Morgan fingerprint density at radius 1 is 0.386 bits per heavy atom. The van der Waals surface area contributed by atoms with Crippen LogP contribution in [0.2, 0.25) is 0 Å². The lowest BCUT2D eigenvalue weighted by molar-refractivity contribution is -0.143. The Balaban J connectivity index is 3.44. The minimum Gasteiger partial charge on any atom is -0.466 e. The predicted octanol–water partition coefficient (Wildman–Crippen LogP) is 20.0. The first kappa shape index (κ1) is 68.6. The lowest BCUT2D eigenvalue weighted by atomic mass is 10.0. The highest BCUT2D eigenvalue weighted by Crippen LogP contribution is 2.18.